The Kier molecular flexibility index (Phi) is 16.1. The molecule has 0 aromatic rings. The Balaban J connectivity index is 0.00000625. The van der Waals surface area contributed by atoms with E-state index in [2.05, 4.69) is 15.6 Å². The number of hydrogen-bond acceptors (Lipinski definition) is 5. The summed E-state index contributed by atoms with van der Waals surface area (Å²) in [7, 11) is 3.45. The van der Waals surface area contributed by atoms with Gasteiger partial charge in [-0.1, -0.05) is 0 Å². The highest BCUT2D eigenvalue weighted by Crippen LogP contribution is 2.07. The number of aliphatic imine (C=N–C) groups is 1. The summed E-state index contributed by atoms with van der Waals surface area (Å²) in [6.45, 7) is 7.22. The number of likely N-dealkylation sites (N-methyl/N-ethyl adjacent to an activating group) is 1. The first-order valence-electron chi connectivity index (χ1n) is 9.13. The quantitative estimate of drug-likeness (QED) is 0.184. The molecule has 2 N–H and O–H groups in total. The molecule has 1 aliphatic heterocycles. The fourth-order valence-corrected chi connectivity index (χ4v) is 2.16. The lowest BCUT2D eigenvalue weighted by Gasteiger charge is -2.14. The third kappa shape index (κ3) is 12.7. The summed E-state index contributed by atoms with van der Waals surface area (Å²) in [4.78, 5) is 17.6. The molecule has 1 unspecified atom stereocenters. The molecule has 1 rings (SSSR count). The molecule has 0 bridgehead atoms. The Bertz CT molecular complexity index is 391. The summed E-state index contributed by atoms with van der Waals surface area (Å²) in [5.74, 6) is 0.621. The molecule has 1 amide bonds. The van der Waals surface area contributed by atoms with Gasteiger partial charge in [-0.25, -0.2) is 4.99 Å². The van der Waals surface area contributed by atoms with E-state index >= 15 is 0 Å². The highest BCUT2D eigenvalue weighted by Gasteiger charge is 2.15. The average Bonchev–Trinajstić information content (AvgIpc) is 3.11. The summed E-state index contributed by atoms with van der Waals surface area (Å²) in [6.07, 6.45) is 2.98. The lowest BCUT2D eigenvalue weighted by molar-refractivity contribution is -0.127. The molecule has 1 fully saturated rings. The van der Waals surface area contributed by atoms with E-state index in [0.29, 0.717) is 25.8 Å². The van der Waals surface area contributed by atoms with Crippen LogP contribution in [0.3, 0.4) is 0 Å². The van der Waals surface area contributed by atoms with Crippen LogP contribution >= 0.6 is 24.0 Å². The number of carbonyl (C=O) groups excluding carboxylic acids is 1. The zero-order valence-corrected chi connectivity index (χ0v) is 18.6. The van der Waals surface area contributed by atoms with Crippen LogP contribution in [0.25, 0.3) is 0 Å². The Hall–Kier alpha value is -0.650. The molecule has 0 aromatic heterocycles. The van der Waals surface area contributed by atoms with Gasteiger partial charge in [0.2, 0.25) is 5.91 Å². The van der Waals surface area contributed by atoms with Crippen molar-refractivity contribution in [3.63, 3.8) is 0 Å². The lowest BCUT2D eigenvalue weighted by Crippen LogP contribution is -2.40. The first kappa shape index (κ1) is 25.4. The average molecular weight is 486 g/mol. The Morgan fingerprint density at radius 1 is 1.23 bits per heavy atom. The SMILES string of the molecule is CCOCCCNC(=NCC(=O)N(C)C)NCCCOC1CCOC1.I. The predicted molar refractivity (Wildman–Crippen MR) is 113 cm³/mol. The van der Waals surface area contributed by atoms with E-state index < -0.39 is 0 Å². The van der Waals surface area contributed by atoms with Crippen LogP contribution in [0, 0.1) is 0 Å². The topological polar surface area (TPSA) is 84.4 Å². The number of rotatable bonds is 12. The number of carbonyl (C=O) groups is 1. The molecule has 0 saturated carbocycles. The molecule has 1 aliphatic rings. The van der Waals surface area contributed by atoms with Gasteiger partial charge < -0.3 is 29.7 Å². The van der Waals surface area contributed by atoms with Gasteiger partial charge in [0.1, 0.15) is 6.54 Å². The largest absolute Gasteiger partial charge is 0.382 e. The van der Waals surface area contributed by atoms with Crippen LogP contribution in [-0.4, -0.2) is 89.6 Å². The standard InChI is InChI=1S/C17H34N4O4.HI/c1-4-23-10-5-8-18-17(20-13-16(22)21(2)3)19-9-6-11-25-15-7-12-24-14-15;/h15H,4-14H2,1-3H3,(H2,18,19,20);1H. The Morgan fingerprint density at radius 3 is 2.50 bits per heavy atom. The number of nitrogens with one attached hydrogen (secondary N) is 2. The van der Waals surface area contributed by atoms with Gasteiger partial charge in [0.05, 0.1) is 12.7 Å². The summed E-state index contributed by atoms with van der Waals surface area (Å²) in [5.41, 5.74) is 0. The van der Waals surface area contributed by atoms with Crippen LogP contribution in [0.15, 0.2) is 4.99 Å². The van der Waals surface area contributed by atoms with E-state index in [1.54, 1.807) is 14.1 Å². The number of halogens is 1. The van der Waals surface area contributed by atoms with E-state index in [9.17, 15) is 4.79 Å². The molecule has 0 aliphatic carbocycles. The number of guanidine groups is 1. The molecule has 26 heavy (non-hydrogen) atoms. The van der Waals surface area contributed by atoms with Crippen molar-refractivity contribution >= 4 is 35.8 Å². The predicted octanol–water partition coefficient (Wildman–Crippen LogP) is 0.850. The second-order valence-corrected chi connectivity index (χ2v) is 6.07. The van der Waals surface area contributed by atoms with Crippen molar-refractivity contribution in [2.45, 2.75) is 32.3 Å². The smallest absolute Gasteiger partial charge is 0.243 e. The Morgan fingerprint density at radius 2 is 1.92 bits per heavy atom. The summed E-state index contributed by atoms with van der Waals surface area (Å²) >= 11 is 0. The number of hydrogen-bond donors (Lipinski definition) is 2. The van der Waals surface area contributed by atoms with Crippen molar-refractivity contribution in [1.29, 1.82) is 0 Å². The molecule has 1 saturated heterocycles. The van der Waals surface area contributed by atoms with Crippen LogP contribution in [0.2, 0.25) is 0 Å². The van der Waals surface area contributed by atoms with Crippen molar-refractivity contribution in [1.82, 2.24) is 15.5 Å². The number of nitrogens with zero attached hydrogens (tertiary/aromatic N) is 2. The van der Waals surface area contributed by atoms with Gasteiger partial charge in [0.15, 0.2) is 5.96 Å². The minimum absolute atomic E-state index is 0. The second kappa shape index (κ2) is 16.5. The maximum absolute atomic E-state index is 11.7. The summed E-state index contributed by atoms with van der Waals surface area (Å²) < 4.78 is 16.3. The molecule has 0 spiro atoms. The minimum atomic E-state index is -0.0278. The molecule has 0 radical (unpaired) electrons. The van der Waals surface area contributed by atoms with Gasteiger partial charge in [-0.2, -0.15) is 0 Å². The number of ether oxygens (including phenoxy) is 3. The van der Waals surface area contributed by atoms with Crippen LogP contribution < -0.4 is 10.6 Å². The van der Waals surface area contributed by atoms with Crippen LogP contribution in [0.1, 0.15) is 26.2 Å². The highest BCUT2D eigenvalue weighted by molar-refractivity contribution is 14.0. The van der Waals surface area contributed by atoms with E-state index in [1.807, 2.05) is 6.92 Å². The van der Waals surface area contributed by atoms with Gasteiger partial charge in [-0.15, -0.1) is 24.0 Å². The van der Waals surface area contributed by atoms with Gasteiger partial charge in [-0.3, -0.25) is 4.79 Å². The fraction of sp³-hybridized carbons (Fsp3) is 0.882. The normalized spacial score (nSPS) is 16.9. The van der Waals surface area contributed by atoms with Crippen molar-refractivity contribution in [2.24, 2.45) is 4.99 Å². The van der Waals surface area contributed by atoms with Crippen LogP contribution in [0.4, 0.5) is 0 Å². The Labute approximate surface area is 174 Å². The molecule has 0 aromatic carbocycles. The maximum atomic E-state index is 11.7. The van der Waals surface area contributed by atoms with E-state index in [0.717, 1.165) is 45.6 Å². The third-order valence-electron chi connectivity index (χ3n) is 3.69. The van der Waals surface area contributed by atoms with Gasteiger partial charge in [0.25, 0.3) is 0 Å². The van der Waals surface area contributed by atoms with Gasteiger partial charge in [0, 0.05) is 53.6 Å². The monoisotopic (exact) mass is 486 g/mol. The first-order valence-corrected chi connectivity index (χ1v) is 9.13. The van der Waals surface area contributed by atoms with Gasteiger partial charge in [-0.05, 0) is 26.2 Å². The van der Waals surface area contributed by atoms with Gasteiger partial charge >= 0.3 is 0 Å². The summed E-state index contributed by atoms with van der Waals surface area (Å²) in [6, 6.07) is 0. The first-order chi connectivity index (χ1) is 12.1. The van der Waals surface area contributed by atoms with E-state index in [4.69, 9.17) is 14.2 Å². The van der Waals surface area contributed by atoms with Crippen LogP contribution in [-0.2, 0) is 19.0 Å². The van der Waals surface area contributed by atoms with Crippen molar-refractivity contribution in [3.05, 3.63) is 0 Å². The second-order valence-electron chi connectivity index (χ2n) is 6.07. The molecule has 9 heteroatoms. The lowest BCUT2D eigenvalue weighted by atomic mass is 10.3. The summed E-state index contributed by atoms with van der Waals surface area (Å²) in [5, 5.41) is 6.48. The van der Waals surface area contributed by atoms with Crippen molar-refractivity contribution in [3.8, 4) is 0 Å². The highest BCUT2D eigenvalue weighted by atomic mass is 127. The maximum Gasteiger partial charge on any atom is 0.243 e. The molecule has 8 nitrogen and oxygen atoms in total. The minimum Gasteiger partial charge on any atom is -0.382 e. The van der Waals surface area contributed by atoms with E-state index in [1.165, 1.54) is 4.90 Å². The molecule has 1 heterocycles. The van der Waals surface area contributed by atoms with Crippen LogP contribution in [0.5, 0.6) is 0 Å². The zero-order valence-electron chi connectivity index (χ0n) is 16.3. The van der Waals surface area contributed by atoms with Crippen molar-refractivity contribution < 1.29 is 19.0 Å². The molecule has 154 valence electrons. The molecular weight excluding hydrogens is 451 g/mol. The fourth-order valence-electron chi connectivity index (χ4n) is 2.16. The van der Waals surface area contributed by atoms with E-state index in [-0.39, 0.29) is 42.5 Å². The third-order valence-corrected chi connectivity index (χ3v) is 3.69. The van der Waals surface area contributed by atoms with Crippen molar-refractivity contribution in [2.75, 3.05) is 66.8 Å². The number of amides is 1. The zero-order chi connectivity index (χ0) is 18.3. The molecular formula is C17H35IN4O4. The molecule has 1 atom stereocenters.